The average Bonchev–Trinajstić information content (AvgIpc) is 2.38. The molecule has 0 spiro atoms. The summed E-state index contributed by atoms with van der Waals surface area (Å²) in [5.74, 6) is 0. The molecule has 0 radical (unpaired) electrons. The molecule has 0 saturated carbocycles. The molecule has 0 aliphatic carbocycles. The van der Waals surface area contributed by atoms with Crippen LogP contribution in [-0.4, -0.2) is 24.5 Å². The van der Waals surface area contributed by atoms with Gasteiger partial charge in [0.05, 0.1) is 0 Å². The maximum Gasteiger partial charge on any atom is 0.0480 e. The average molecular weight is 218 g/mol. The standard InChI is InChI=1S/C13H18N2O/c16-14-9-8-12-6-2-3-7-13(12)15-10-4-1-5-11-15/h2-3,6-7,9,16H,1,4-5,8,10-11H2/b14-9+. The summed E-state index contributed by atoms with van der Waals surface area (Å²) < 4.78 is 0. The Bertz CT molecular complexity index is 357. The molecule has 1 aliphatic rings. The summed E-state index contributed by atoms with van der Waals surface area (Å²) in [6, 6.07) is 8.37. The molecule has 1 N–H and O–H groups in total. The number of piperidine rings is 1. The fourth-order valence-corrected chi connectivity index (χ4v) is 2.27. The minimum absolute atomic E-state index is 0.698. The highest BCUT2D eigenvalue weighted by molar-refractivity contribution is 5.66. The van der Waals surface area contributed by atoms with Gasteiger partial charge in [-0.1, -0.05) is 18.2 Å². The number of nitrogens with zero attached hydrogens (tertiary/aromatic N) is 2. The summed E-state index contributed by atoms with van der Waals surface area (Å²) in [6.07, 6.45) is 6.15. The molecule has 0 bridgehead atoms. The van der Waals surface area contributed by atoms with Crippen LogP contribution < -0.4 is 4.90 Å². The van der Waals surface area contributed by atoms with Crippen molar-refractivity contribution in [2.75, 3.05) is 18.0 Å². The minimum atomic E-state index is 0.698. The van der Waals surface area contributed by atoms with Crippen LogP contribution in [0.3, 0.4) is 0 Å². The summed E-state index contributed by atoms with van der Waals surface area (Å²) in [6.45, 7) is 2.29. The molecule has 0 amide bonds. The smallest absolute Gasteiger partial charge is 0.0480 e. The third-order valence-corrected chi connectivity index (χ3v) is 3.08. The molecule has 3 heteroatoms. The van der Waals surface area contributed by atoms with Gasteiger partial charge in [0.15, 0.2) is 0 Å². The summed E-state index contributed by atoms with van der Waals surface area (Å²) in [5, 5.41) is 11.6. The predicted octanol–water partition coefficient (Wildman–Crippen LogP) is 2.68. The van der Waals surface area contributed by atoms with Crippen molar-refractivity contribution in [1.82, 2.24) is 0 Å². The Balaban J connectivity index is 2.17. The van der Waals surface area contributed by atoms with Crippen molar-refractivity contribution >= 4 is 11.9 Å². The van der Waals surface area contributed by atoms with Gasteiger partial charge in [-0.25, -0.2) is 0 Å². The fraction of sp³-hybridized carbons (Fsp3) is 0.462. The number of anilines is 1. The van der Waals surface area contributed by atoms with Gasteiger partial charge in [0.2, 0.25) is 0 Å². The Morgan fingerprint density at radius 2 is 1.94 bits per heavy atom. The molecule has 16 heavy (non-hydrogen) atoms. The van der Waals surface area contributed by atoms with Gasteiger partial charge in [0, 0.05) is 31.4 Å². The molecule has 0 unspecified atom stereocenters. The van der Waals surface area contributed by atoms with E-state index in [4.69, 9.17) is 5.21 Å². The molecule has 1 aromatic carbocycles. The number of oxime groups is 1. The first kappa shape index (κ1) is 11.0. The summed E-state index contributed by atoms with van der Waals surface area (Å²) in [7, 11) is 0. The quantitative estimate of drug-likeness (QED) is 0.481. The van der Waals surface area contributed by atoms with Gasteiger partial charge >= 0.3 is 0 Å². The van der Waals surface area contributed by atoms with Crippen LogP contribution in [0.2, 0.25) is 0 Å². The highest BCUT2D eigenvalue weighted by Gasteiger charge is 2.13. The Morgan fingerprint density at radius 1 is 1.19 bits per heavy atom. The first-order valence-electron chi connectivity index (χ1n) is 5.90. The predicted molar refractivity (Wildman–Crippen MR) is 66.5 cm³/mol. The second-order valence-corrected chi connectivity index (χ2v) is 4.18. The van der Waals surface area contributed by atoms with Gasteiger partial charge in [-0.2, -0.15) is 0 Å². The Hall–Kier alpha value is -1.51. The monoisotopic (exact) mass is 218 g/mol. The largest absolute Gasteiger partial charge is 0.411 e. The fourth-order valence-electron chi connectivity index (χ4n) is 2.27. The molecule has 1 aliphatic heterocycles. The summed E-state index contributed by atoms with van der Waals surface area (Å²) >= 11 is 0. The summed E-state index contributed by atoms with van der Waals surface area (Å²) in [4.78, 5) is 2.43. The molecule has 3 nitrogen and oxygen atoms in total. The second-order valence-electron chi connectivity index (χ2n) is 4.18. The van der Waals surface area contributed by atoms with Crippen molar-refractivity contribution in [1.29, 1.82) is 0 Å². The lowest BCUT2D eigenvalue weighted by Crippen LogP contribution is -2.30. The van der Waals surface area contributed by atoms with Crippen LogP contribution in [0.4, 0.5) is 5.69 Å². The Labute approximate surface area is 96.4 Å². The molecule has 1 saturated heterocycles. The van der Waals surface area contributed by atoms with Crippen molar-refractivity contribution in [3.05, 3.63) is 29.8 Å². The molecular formula is C13H18N2O. The van der Waals surface area contributed by atoms with Crippen LogP contribution in [0, 0.1) is 0 Å². The number of para-hydroxylation sites is 1. The van der Waals surface area contributed by atoms with Crippen LogP contribution in [0.5, 0.6) is 0 Å². The zero-order chi connectivity index (χ0) is 11.2. The van der Waals surface area contributed by atoms with Crippen molar-refractivity contribution < 1.29 is 5.21 Å². The molecule has 0 aromatic heterocycles. The first-order valence-corrected chi connectivity index (χ1v) is 5.90. The molecule has 2 rings (SSSR count). The number of rotatable bonds is 3. The van der Waals surface area contributed by atoms with Crippen LogP contribution in [0.1, 0.15) is 24.8 Å². The number of hydrogen-bond donors (Lipinski definition) is 1. The van der Waals surface area contributed by atoms with E-state index in [0.29, 0.717) is 6.42 Å². The van der Waals surface area contributed by atoms with Crippen molar-refractivity contribution in [2.24, 2.45) is 5.16 Å². The van der Waals surface area contributed by atoms with E-state index in [-0.39, 0.29) is 0 Å². The van der Waals surface area contributed by atoms with E-state index in [0.717, 1.165) is 13.1 Å². The molecule has 1 fully saturated rings. The van der Waals surface area contributed by atoms with E-state index < -0.39 is 0 Å². The van der Waals surface area contributed by atoms with Crippen LogP contribution in [0.15, 0.2) is 29.4 Å². The maximum absolute atomic E-state index is 8.48. The van der Waals surface area contributed by atoms with Crippen molar-refractivity contribution in [2.45, 2.75) is 25.7 Å². The third-order valence-electron chi connectivity index (χ3n) is 3.08. The van der Waals surface area contributed by atoms with Gasteiger partial charge in [-0.15, -0.1) is 5.16 Å². The van der Waals surface area contributed by atoms with Gasteiger partial charge in [0.1, 0.15) is 0 Å². The SMILES string of the molecule is O/N=C/Cc1ccccc1N1CCCCC1. The summed E-state index contributed by atoms with van der Waals surface area (Å²) in [5.41, 5.74) is 2.53. The normalized spacial score (nSPS) is 16.9. The topological polar surface area (TPSA) is 35.8 Å². The zero-order valence-corrected chi connectivity index (χ0v) is 9.47. The molecule has 1 aromatic rings. The minimum Gasteiger partial charge on any atom is -0.411 e. The van der Waals surface area contributed by atoms with E-state index in [1.165, 1.54) is 30.5 Å². The van der Waals surface area contributed by atoms with Crippen LogP contribution in [-0.2, 0) is 6.42 Å². The van der Waals surface area contributed by atoms with Crippen LogP contribution >= 0.6 is 0 Å². The highest BCUT2D eigenvalue weighted by atomic mass is 16.4. The second kappa shape index (κ2) is 5.54. The molecule has 86 valence electrons. The third kappa shape index (κ3) is 2.54. The number of hydrogen-bond acceptors (Lipinski definition) is 3. The first-order chi connectivity index (χ1) is 7.92. The van der Waals surface area contributed by atoms with Gasteiger partial charge in [-0.05, 0) is 30.9 Å². The maximum atomic E-state index is 8.48. The Morgan fingerprint density at radius 3 is 2.69 bits per heavy atom. The lowest BCUT2D eigenvalue weighted by atomic mass is 10.1. The van der Waals surface area contributed by atoms with Gasteiger partial charge in [-0.3, -0.25) is 0 Å². The van der Waals surface area contributed by atoms with Gasteiger partial charge in [0.25, 0.3) is 0 Å². The lowest BCUT2D eigenvalue weighted by molar-refractivity contribution is 0.321. The molecule has 1 heterocycles. The van der Waals surface area contributed by atoms with Crippen molar-refractivity contribution in [3.8, 4) is 0 Å². The van der Waals surface area contributed by atoms with E-state index in [9.17, 15) is 0 Å². The van der Waals surface area contributed by atoms with Crippen LogP contribution in [0.25, 0.3) is 0 Å². The molecule has 0 atom stereocenters. The van der Waals surface area contributed by atoms with E-state index in [2.05, 4.69) is 28.3 Å². The van der Waals surface area contributed by atoms with E-state index in [1.54, 1.807) is 6.21 Å². The number of benzene rings is 1. The van der Waals surface area contributed by atoms with Gasteiger partial charge < -0.3 is 10.1 Å². The van der Waals surface area contributed by atoms with Crippen molar-refractivity contribution in [3.63, 3.8) is 0 Å². The Kier molecular flexibility index (Phi) is 3.81. The zero-order valence-electron chi connectivity index (χ0n) is 9.47. The highest BCUT2D eigenvalue weighted by Crippen LogP contribution is 2.23. The lowest BCUT2D eigenvalue weighted by Gasteiger charge is -2.30. The molecular weight excluding hydrogens is 200 g/mol. The van der Waals surface area contributed by atoms with E-state index in [1.807, 2.05) is 6.07 Å². The van der Waals surface area contributed by atoms with E-state index >= 15 is 0 Å².